The molecule has 0 aromatic heterocycles. The molecule has 0 atom stereocenters. The van der Waals surface area contributed by atoms with E-state index in [1.54, 1.807) is 6.08 Å². The third kappa shape index (κ3) is 6.90. The molecule has 0 aliphatic rings. The number of benzene rings is 2. The Bertz CT molecular complexity index is 780. The van der Waals surface area contributed by atoms with Crippen LogP contribution in [0.2, 0.25) is 0 Å². The van der Waals surface area contributed by atoms with E-state index >= 15 is 0 Å². The molecule has 0 aliphatic carbocycles. The smallest absolute Gasteiger partial charge is 0.124 e. The van der Waals surface area contributed by atoms with Crippen LogP contribution in [-0.2, 0) is 10.1 Å². The van der Waals surface area contributed by atoms with Gasteiger partial charge in [0.25, 0.3) is 0 Å². The fourth-order valence-corrected chi connectivity index (χ4v) is 2.81. The van der Waals surface area contributed by atoms with Gasteiger partial charge in [-0.1, -0.05) is 24.8 Å². The Balaban J connectivity index is 1.54. The Morgan fingerprint density at radius 3 is 1.69 bits per heavy atom. The molecular formula is C20H23O5S-. The van der Waals surface area contributed by atoms with Gasteiger partial charge in [0.1, 0.15) is 21.6 Å². The lowest BCUT2D eigenvalue weighted by Crippen LogP contribution is -2.01. The Kier molecular flexibility index (Phi) is 7.69. The quantitative estimate of drug-likeness (QED) is 0.433. The lowest BCUT2D eigenvalue weighted by molar-refractivity contribution is 0.287. The summed E-state index contributed by atoms with van der Waals surface area (Å²) < 4.78 is 43.7. The molecule has 26 heavy (non-hydrogen) atoms. The summed E-state index contributed by atoms with van der Waals surface area (Å²) in [7, 11) is -4.40. The van der Waals surface area contributed by atoms with Crippen molar-refractivity contribution < 1.29 is 22.4 Å². The highest BCUT2D eigenvalue weighted by Gasteiger charge is 2.01. The van der Waals surface area contributed by atoms with Crippen LogP contribution in [0.4, 0.5) is 0 Å². The van der Waals surface area contributed by atoms with Crippen LogP contribution >= 0.6 is 0 Å². The summed E-state index contributed by atoms with van der Waals surface area (Å²) in [4.78, 5) is -0.246. The van der Waals surface area contributed by atoms with Crippen molar-refractivity contribution in [1.82, 2.24) is 0 Å². The molecule has 2 aromatic rings. The second-order valence-corrected chi connectivity index (χ2v) is 7.19. The van der Waals surface area contributed by atoms with Crippen molar-refractivity contribution in [2.24, 2.45) is 0 Å². The van der Waals surface area contributed by atoms with E-state index in [4.69, 9.17) is 9.47 Å². The minimum absolute atomic E-state index is 0.246. The number of rotatable bonds is 11. The molecule has 0 fully saturated rings. The first-order chi connectivity index (χ1) is 12.5. The fraction of sp³-hybridized carbons (Fsp3) is 0.300. The highest BCUT2D eigenvalue weighted by Crippen LogP contribution is 2.16. The van der Waals surface area contributed by atoms with Gasteiger partial charge in [0.2, 0.25) is 0 Å². The van der Waals surface area contributed by atoms with Gasteiger partial charge in [-0.3, -0.25) is 0 Å². The summed E-state index contributed by atoms with van der Waals surface area (Å²) >= 11 is 0. The van der Waals surface area contributed by atoms with E-state index in [2.05, 4.69) is 6.58 Å². The highest BCUT2D eigenvalue weighted by atomic mass is 32.2. The van der Waals surface area contributed by atoms with Crippen molar-refractivity contribution in [3.63, 3.8) is 0 Å². The second-order valence-electron chi connectivity index (χ2n) is 5.81. The third-order valence-electron chi connectivity index (χ3n) is 3.80. The minimum atomic E-state index is -4.40. The molecule has 0 amide bonds. The van der Waals surface area contributed by atoms with Crippen LogP contribution < -0.4 is 9.47 Å². The van der Waals surface area contributed by atoms with E-state index in [9.17, 15) is 13.0 Å². The Morgan fingerprint density at radius 1 is 0.808 bits per heavy atom. The van der Waals surface area contributed by atoms with Crippen molar-refractivity contribution in [2.45, 2.75) is 30.6 Å². The fourth-order valence-electron chi connectivity index (χ4n) is 2.34. The number of hydrogen-bond donors (Lipinski definition) is 0. The molecule has 0 saturated heterocycles. The lowest BCUT2D eigenvalue weighted by Gasteiger charge is -2.09. The zero-order valence-corrected chi connectivity index (χ0v) is 15.4. The van der Waals surface area contributed by atoms with E-state index in [1.807, 2.05) is 24.3 Å². The van der Waals surface area contributed by atoms with Gasteiger partial charge in [-0.2, -0.15) is 0 Å². The number of ether oxygens (including phenoxy) is 2. The van der Waals surface area contributed by atoms with Crippen LogP contribution in [0.15, 0.2) is 60.0 Å². The normalized spacial score (nSPS) is 11.1. The molecule has 0 saturated carbocycles. The van der Waals surface area contributed by atoms with E-state index < -0.39 is 10.1 Å². The predicted molar refractivity (Wildman–Crippen MR) is 100 cm³/mol. The van der Waals surface area contributed by atoms with Crippen LogP contribution in [0.1, 0.15) is 31.2 Å². The third-order valence-corrected chi connectivity index (χ3v) is 4.65. The maximum atomic E-state index is 10.8. The van der Waals surface area contributed by atoms with Crippen LogP contribution in [-0.4, -0.2) is 26.2 Å². The Morgan fingerprint density at radius 2 is 1.27 bits per heavy atom. The van der Waals surface area contributed by atoms with Crippen molar-refractivity contribution >= 4 is 16.2 Å². The van der Waals surface area contributed by atoms with Crippen molar-refractivity contribution in [3.05, 3.63) is 60.7 Å². The predicted octanol–water partition coefficient (Wildman–Crippen LogP) is 4.25. The lowest BCUT2D eigenvalue weighted by atomic mass is 10.2. The van der Waals surface area contributed by atoms with Crippen LogP contribution in [0, 0.1) is 0 Å². The summed E-state index contributed by atoms with van der Waals surface area (Å²) in [6.45, 7) is 4.95. The van der Waals surface area contributed by atoms with Crippen LogP contribution in [0.5, 0.6) is 11.5 Å². The van der Waals surface area contributed by atoms with Crippen molar-refractivity contribution in [3.8, 4) is 11.5 Å². The molecule has 0 unspecified atom stereocenters. The molecule has 2 rings (SSSR count). The van der Waals surface area contributed by atoms with Crippen molar-refractivity contribution in [1.29, 1.82) is 0 Å². The highest BCUT2D eigenvalue weighted by molar-refractivity contribution is 7.85. The molecule has 6 heteroatoms. The van der Waals surface area contributed by atoms with E-state index in [0.29, 0.717) is 19.0 Å². The largest absolute Gasteiger partial charge is 0.744 e. The van der Waals surface area contributed by atoms with Gasteiger partial charge in [0.05, 0.1) is 18.1 Å². The van der Waals surface area contributed by atoms with Gasteiger partial charge in [-0.25, -0.2) is 8.42 Å². The van der Waals surface area contributed by atoms with Gasteiger partial charge < -0.3 is 14.0 Å². The van der Waals surface area contributed by atoms with Gasteiger partial charge in [0, 0.05) is 0 Å². The molecule has 140 valence electrons. The molecule has 2 aromatic carbocycles. The van der Waals surface area contributed by atoms with E-state index in [-0.39, 0.29) is 4.90 Å². The molecular weight excluding hydrogens is 352 g/mol. The van der Waals surface area contributed by atoms with Gasteiger partial charge >= 0.3 is 0 Å². The summed E-state index contributed by atoms with van der Waals surface area (Å²) in [5, 5.41) is 0. The number of hydrogen-bond acceptors (Lipinski definition) is 5. The Hall–Kier alpha value is -2.31. The molecule has 0 aliphatic heterocycles. The second kappa shape index (κ2) is 9.99. The SMILES string of the molecule is C=Cc1ccc(OCCCCCCOc2ccc(S(=O)(=O)[O-])cc2)cc1. The summed E-state index contributed by atoms with van der Waals surface area (Å²) in [6, 6.07) is 13.3. The summed E-state index contributed by atoms with van der Waals surface area (Å²) in [5.41, 5.74) is 1.07. The molecule has 0 heterocycles. The topological polar surface area (TPSA) is 75.7 Å². The maximum Gasteiger partial charge on any atom is 0.124 e. The summed E-state index contributed by atoms with van der Waals surface area (Å²) in [6.07, 6.45) is 5.73. The average molecular weight is 375 g/mol. The van der Waals surface area contributed by atoms with Crippen LogP contribution in [0.3, 0.4) is 0 Å². The average Bonchev–Trinajstić information content (AvgIpc) is 2.64. The molecule has 5 nitrogen and oxygen atoms in total. The van der Waals surface area contributed by atoms with E-state index in [0.717, 1.165) is 37.0 Å². The zero-order valence-electron chi connectivity index (χ0n) is 14.6. The van der Waals surface area contributed by atoms with Crippen LogP contribution in [0.25, 0.3) is 6.08 Å². The maximum absolute atomic E-state index is 10.8. The molecule has 0 N–H and O–H groups in total. The first-order valence-corrected chi connectivity index (χ1v) is 9.94. The van der Waals surface area contributed by atoms with Gasteiger partial charge in [0.15, 0.2) is 0 Å². The first-order valence-electron chi connectivity index (χ1n) is 8.53. The molecule has 0 radical (unpaired) electrons. The monoisotopic (exact) mass is 375 g/mol. The van der Waals surface area contributed by atoms with Gasteiger partial charge in [-0.05, 0) is 67.6 Å². The first kappa shape index (κ1) is 20.0. The van der Waals surface area contributed by atoms with Gasteiger partial charge in [-0.15, -0.1) is 0 Å². The standard InChI is InChI=1S/C20H24O5S/c1-2-17-7-9-18(10-8-17)24-15-5-3-4-6-16-25-19-11-13-20(14-12-19)26(21,22)23/h2,7-14H,1,3-6,15-16H2,(H,21,22,23)/p-1. The van der Waals surface area contributed by atoms with Crippen molar-refractivity contribution in [2.75, 3.05) is 13.2 Å². The summed E-state index contributed by atoms with van der Waals surface area (Å²) in [5.74, 6) is 1.42. The Labute approximate surface area is 155 Å². The number of unbranched alkanes of at least 4 members (excludes halogenated alkanes) is 3. The molecule has 0 bridgehead atoms. The zero-order chi connectivity index (χ0) is 18.8. The molecule has 0 spiro atoms. The minimum Gasteiger partial charge on any atom is -0.744 e. The van der Waals surface area contributed by atoms with E-state index in [1.165, 1.54) is 24.3 Å².